The van der Waals surface area contributed by atoms with E-state index in [4.69, 9.17) is 0 Å². The number of carbonyl (C=O) groups excluding carboxylic acids is 1. The van der Waals surface area contributed by atoms with Crippen LogP contribution in [0.15, 0.2) is 24.3 Å². The number of hydrogen-bond donors (Lipinski definition) is 0. The number of alkyl halides is 3. The van der Waals surface area contributed by atoms with Crippen LogP contribution in [0.25, 0.3) is 5.57 Å². The predicted molar refractivity (Wildman–Crippen MR) is 62.2 cm³/mol. The highest BCUT2D eigenvalue weighted by molar-refractivity contribution is 5.91. The summed E-state index contributed by atoms with van der Waals surface area (Å²) in [5.41, 5.74) is 1.45. The van der Waals surface area contributed by atoms with Gasteiger partial charge in [-0.05, 0) is 36.6 Å². The molecule has 5 heteroatoms. The Bertz CT molecular complexity index is 487. The van der Waals surface area contributed by atoms with E-state index in [2.05, 4.69) is 4.74 Å². The van der Waals surface area contributed by atoms with Crippen LogP contribution in [0.1, 0.15) is 28.4 Å². The van der Waals surface area contributed by atoms with Crippen LogP contribution in [0.5, 0.6) is 0 Å². The standard InChI is InChI=1S/C13H13F3O2/c1-8-6-10(9(2)7-13(14,15)16)4-5-11(8)12(17)18-3/h4-7H,1-3H3. The molecule has 1 rings (SSSR count). The molecule has 0 aliphatic rings. The first-order valence-corrected chi connectivity index (χ1v) is 5.20. The molecular formula is C13H13F3O2. The fourth-order valence-electron chi connectivity index (χ4n) is 1.58. The van der Waals surface area contributed by atoms with Gasteiger partial charge in [-0.3, -0.25) is 0 Å². The smallest absolute Gasteiger partial charge is 0.410 e. The Hall–Kier alpha value is -1.78. The van der Waals surface area contributed by atoms with E-state index in [1.807, 2.05) is 0 Å². The Kier molecular flexibility index (Phi) is 4.16. The van der Waals surface area contributed by atoms with Gasteiger partial charge in [-0.25, -0.2) is 4.79 Å². The third-order valence-corrected chi connectivity index (χ3v) is 2.47. The minimum atomic E-state index is -4.35. The van der Waals surface area contributed by atoms with Crippen molar-refractivity contribution >= 4 is 11.5 Å². The van der Waals surface area contributed by atoms with Crippen LogP contribution >= 0.6 is 0 Å². The van der Waals surface area contributed by atoms with Crippen molar-refractivity contribution in [2.45, 2.75) is 20.0 Å². The molecule has 0 heterocycles. The second kappa shape index (κ2) is 5.25. The molecule has 2 nitrogen and oxygen atoms in total. The van der Waals surface area contributed by atoms with Gasteiger partial charge in [0.15, 0.2) is 0 Å². The molecule has 0 fully saturated rings. The van der Waals surface area contributed by atoms with Crippen LogP contribution in [0.4, 0.5) is 13.2 Å². The van der Waals surface area contributed by atoms with Crippen LogP contribution < -0.4 is 0 Å². The zero-order valence-electron chi connectivity index (χ0n) is 10.3. The van der Waals surface area contributed by atoms with E-state index < -0.39 is 12.1 Å². The summed E-state index contributed by atoms with van der Waals surface area (Å²) >= 11 is 0. The highest BCUT2D eigenvalue weighted by Gasteiger charge is 2.23. The zero-order chi connectivity index (χ0) is 13.9. The number of benzene rings is 1. The lowest BCUT2D eigenvalue weighted by atomic mass is 10.0. The number of hydrogen-bond acceptors (Lipinski definition) is 2. The topological polar surface area (TPSA) is 26.3 Å². The Balaban J connectivity index is 3.12. The highest BCUT2D eigenvalue weighted by Crippen LogP contribution is 2.25. The second-order valence-electron chi connectivity index (χ2n) is 3.89. The van der Waals surface area contributed by atoms with Crippen LogP contribution in [0.2, 0.25) is 0 Å². The lowest BCUT2D eigenvalue weighted by Gasteiger charge is -2.08. The number of ether oxygens (including phenoxy) is 1. The summed E-state index contributed by atoms with van der Waals surface area (Å²) in [6, 6.07) is 4.46. The maximum absolute atomic E-state index is 12.2. The molecule has 0 aliphatic heterocycles. The molecule has 0 bridgehead atoms. The molecule has 98 valence electrons. The Morgan fingerprint density at radius 2 is 1.94 bits per heavy atom. The zero-order valence-corrected chi connectivity index (χ0v) is 10.3. The minimum absolute atomic E-state index is 0.0991. The van der Waals surface area contributed by atoms with Gasteiger partial charge in [0.05, 0.1) is 12.7 Å². The van der Waals surface area contributed by atoms with Crippen molar-refractivity contribution in [2.24, 2.45) is 0 Å². The number of halogens is 3. The normalized spacial score (nSPS) is 12.4. The molecule has 0 radical (unpaired) electrons. The monoisotopic (exact) mass is 258 g/mol. The maximum atomic E-state index is 12.2. The number of aryl methyl sites for hydroxylation is 1. The first kappa shape index (κ1) is 14.3. The minimum Gasteiger partial charge on any atom is -0.465 e. The van der Waals surface area contributed by atoms with Gasteiger partial charge in [-0.1, -0.05) is 12.1 Å². The third-order valence-electron chi connectivity index (χ3n) is 2.47. The molecular weight excluding hydrogens is 245 g/mol. The van der Waals surface area contributed by atoms with Crippen molar-refractivity contribution < 1.29 is 22.7 Å². The molecule has 0 unspecified atom stereocenters. The summed E-state index contributed by atoms with van der Waals surface area (Å²) in [6.07, 6.45) is -4.11. The maximum Gasteiger partial charge on any atom is 0.410 e. The molecule has 0 aliphatic carbocycles. The highest BCUT2D eigenvalue weighted by atomic mass is 19.4. The fourth-order valence-corrected chi connectivity index (χ4v) is 1.58. The molecule has 0 saturated carbocycles. The van der Waals surface area contributed by atoms with Crippen LogP contribution in [-0.2, 0) is 4.74 Å². The van der Waals surface area contributed by atoms with Gasteiger partial charge in [0.1, 0.15) is 0 Å². The molecule has 0 atom stereocenters. The van der Waals surface area contributed by atoms with Crippen LogP contribution in [-0.4, -0.2) is 19.3 Å². The second-order valence-corrected chi connectivity index (χ2v) is 3.89. The molecule has 0 amide bonds. The molecule has 0 spiro atoms. The summed E-state index contributed by atoms with van der Waals surface area (Å²) < 4.78 is 41.2. The fraction of sp³-hybridized carbons (Fsp3) is 0.308. The van der Waals surface area contributed by atoms with Gasteiger partial charge in [0.2, 0.25) is 0 Å². The lowest BCUT2D eigenvalue weighted by molar-refractivity contribution is -0.0793. The predicted octanol–water partition coefficient (Wildman–Crippen LogP) is 3.75. The lowest BCUT2D eigenvalue weighted by Crippen LogP contribution is -2.05. The molecule has 1 aromatic rings. The quantitative estimate of drug-likeness (QED) is 0.755. The Labute approximate surface area is 103 Å². The number of carbonyl (C=O) groups is 1. The summed E-state index contributed by atoms with van der Waals surface area (Å²) in [5, 5.41) is 0. The average Bonchev–Trinajstić information content (AvgIpc) is 2.25. The summed E-state index contributed by atoms with van der Waals surface area (Å²) in [4.78, 5) is 11.3. The molecule has 1 aromatic carbocycles. The van der Waals surface area contributed by atoms with Crippen molar-refractivity contribution in [1.29, 1.82) is 0 Å². The number of allylic oxidation sites excluding steroid dienone is 2. The summed E-state index contributed by atoms with van der Waals surface area (Å²) in [7, 11) is 1.25. The van der Waals surface area contributed by atoms with Crippen LogP contribution in [0, 0.1) is 6.92 Å². The van der Waals surface area contributed by atoms with Gasteiger partial charge in [0, 0.05) is 6.08 Å². The van der Waals surface area contributed by atoms with E-state index in [1.165, 1.54) is 32.2 Å². The summed E-state index contributed by atoms with van der Waals surface area (Å²) in [5.74, 6) is -0.503. The number of esters is 1. The van der Waals surface area contributed by atoms with Gasteiger partial charge in [-0.2, -0.15) is 13.2 Å². The third kappa shape index (κ3) is 3.61. The van der Waals surface area contributed by atoms with E-state index in [0.29, 0.717) is 16.7 Å². The van der Waals surface area contributed by atoms with Crippen LogP contribution in [0.3, 0.4) is 0 Å². The Morgan fingerprint density at radius 3 is 2.39 bits per heavy atom. The van der Waals surface area contributed by atoms with Crippen molar-refractivity contribution in [2.75, 3.05) is 7.11 Å². The first-order valence-electron chi connectivity index (χ1n) is 5.20. The van der Waals surface area contributed by atoms with E-state index in [0.717, 1.165) is 0 Å². The van der Waals surface area contributed by atoms with Gasteiger partial charge < -0.3 is 4.74 Å². The van der Waals surface area contributed by atoms with E-state index >= 15 is 0 Å². The van der Waals surface area contributed by atoms with Crippen molar-refractivity contribution in [3.05, 3.63) is 41.0 Å². The summed E-state index contributed by atoms with van der Waals surface area (Å²) in [6.45, 7) is 3.02. The molecule has 0 aromatic heterocycles. The van der Waals surface area contributed by atoms with Crippen molar-refractivity contribution in [3.8, 4) is 0 Å². The largest absolute Gasteiger partial charge is 0.465 e. The number of methoxy groups -OCH3 is 1. The van der Waals surface area contributed by atoms with E-state index in [1.54, 1.807) is 6.92 Å². The SMILES string of the molecule is COC(=O)c1ccc(C(C)=CC(F)(F)F)cc1C. The number of rotatable bonds is 2. The van der Waals surface area contributed by atoms with Crippen molar-refractivity contribution in [3.63, 3.8) is 0 Å². The molecule has 18 heavy (non-hydrogen) atoms. The first-order chi connectivity index (χ1) is 8.24. The Morgan fingerprint density at radius 1 is 1.33 bits per heavy atom. The van der Waals surface area contributed by atoms with Gasteiger partial charge in [0.25, 0.3) is 0 Å². The molecule has 0 saturated heterocycles. The van der Waals surface area contributed by atoms with E-state index in [9.17, 15) is 18.0 Å². The average molecular weight is 258 g/mol. The molecule has 0 N–H and O–H groups in total. The van der Waals surface area contributed by atoms with Gasteiger partial charge in [-0.15, -0.1) is 0 Å². The van der Waals surface area contributed by atoms with E-state index in [-0.39, 0.29) is 11.6 Å². The van der Waals surface area contributed by atoms with Gasteiger partial charge >= 0.3 is 12.1 Å². The van der Waals surface area contributed by atoms with Crippen molar-refractivity contribution in [1.82, 2.24) is 0 Å².